The summed E-state index contributed by atoms with van der Waals surface area (Å²) in [5, 5.41) is 4.31. The van der Waals surface area contributed by atoms with Crippen LogP contribution in [0, 0.1) is 0 Å². The van der Waals surface area contributed by atoms with Crippen molar-refractivity contribution < 1.29 is 14.2 Å². The van der Waals surface area contributed by atoms with E-state index in [1.54, 1.807) is 13.2 Å². The van der Waals surface area contributed by atoms with Crippen LogP contribution in [0.5, 0.6) is 17.2 Å². The molecular weight excluding hydrogens is 454 g/mol. The number of rotatable bonds is 9. The number of ether oxygens (including phenoxy) is 3. The van der Waals surface area contributed by atoms with Crippen LogP contribution in [0.4, 0.5) is 0 Å². The zero-order valence-electron chi connectivity index (χ0n) is 19.2. The third-order valence-electron chi connectivity index (χ3n) is 5.01. The molecule has 0 amide bonds. The van der Waals surface area contributed by atoms with Gasteiger partial charge in [0.15, 0.2) is 11.5 Å². The summed E-state index contributed by atoms with van der Waals surface area (Å²) in [7, 11) is 1.59. The second kappa shape index (κ2) is 10.5. The van der Waals surface area contributed by atoms with Gasteiger partial charge in [-0.05, 0) is 54.8 Å². The Labute approximate surface area is 200 Å². The number of nitrogens with zero attached hydrogens (tertiary/aromatic N) is 3. The van der Waals surface area contributed by atoms with Gasteiger partial charge in [0, 0.05) is 6.42 Å². The van der Waals surface area contributed by atoms with Crippen LogP contribution in [0.1, 0.15) is 37.1 Å². The molecule has 0 bridgehead atoms. The van der Waals surface area contributed by atoms with Gasteiger partial charge in [-0.2, -0.15) is 14.6 Å². The number of fused-ring (bicyclic) bond motifs is 1. The van der Waals surface area contributed by atoms with Crippen molar-refractivity contribution in [2.24, 2.45) is 0 Å². The summed E-state index contributed by atoms with van der Waals surface area (Å²) >= 11 is 1.12. The van der Waals surface area contributed by atoms with Crippen LogP contribution in [0.15, 0.2) is 52.1 Å². The lowest BCUT2D eigenvalue weighted by Gasteiger charge is -2.11. The first-order valence-corrected chi connectivity index (χ1v) is 11.8. The molecule has 2 aromatic carbocycles. The highest BCUT2D eigenvalue weighted by atomic mass is 32.1. The van der Waals surface area contributed by atoms with E-state index in [-0.39, 0.29) is 22.6 Å². The fourth-order valence-electron chi connectivity index (χ4n) is 3.35. The molecule has 0 aliphatic heterocycles. The fourth-order valence-corrected chi connectivity index (χ4v) is 4.26. The lowest BCUT2D eigenvalue weighted by Crippen LogP contribution is -2.28. The predicted octanol–water partition coefficient (Wildman–Crippen LogP) is 2.85. The second-order valence-corrected chi connectivity index (χ2v) is 8.50. The van der Waals surface area contributed by atoms with Gasteiger partial charge in [-0.3, -0.25) is 9.59 Å². The Morgan fingerprint density at radius 3 is 2.53 bits per heavy atom. The topological polar surface area (TPSA) is 92.0 Å². The molecule has 4 aromatic rings. The lowest BCUT2D eigenvalue weighted by atomic mass is 10.1. The van der Waals surface area contributed by atoms with E-state index < -0.39 is 5.56 Å². The molecule has 0 fully saturated rings. The summed E-state index contributed by atoms with van der Waals surface area (Å²) in [5.74, 6) is 2.00. The highest BCUT2D eigenvalue weighted by molar-refractivity contribution is 7.15. The number of methoxy groups -OCH3 is 1. The van der Waals surface area contributed by atoms with Gasteiger partial charge < -0.3 is 14.2 Å². The Balaban J connectivity index is 1.70. The van der Waals surface area contributed by atoms with Crippen molar-refractivity contribution in [3.63, 3.8) is 0 Å². The van der Waals surface area contributed by atoms with Crippen LogP contribution in [-0.2, 0) is 6.42 Å². The normalized spacial score (nSPS) is 11.7. The first-order chi connectivity index (χ1) is 16.5. The number of benzene rings is 2. The smallest absolute Gasteiger partial charge is 0.296 e. The Morgan fingerprint density at radius 1 is 1.03 bits per heavy atom. The van der Waals surface area contributed by atoms with Gasteiger partial charge in [0.05, 0.1) is 24.9 Å². The van der Waals surface area contributed by atoms with Gasteiger partial charge in [-0.15, -0.1) is 0 Å². The Bertz CT molecular complexity index is 1460. The van der Waals surface area contributed by atoms with Crippen molar-refractivity contribution in [3.05, 3.63) is 84.5 Å². The van der Waals surface area contributed by atoms with Crippen molar-refractivity contribution in [1.29, 1.82) is 0 Å². The Hall–Kier alpha value is -3.72. The third-order valence-corrected chi connectivity index (χ3v) is 5.97. The first-order valence-electron chi connectivity index (χ1n) is 11.0. The van der Waals surface area contributed by atoms with E-state index in [1.165, 1.54) is 4.52 Å². The molecule has 0 aliphatic carbocycles. The summed E-state index contributed by atoms with van der Waals surface area (Å²) in [6.45, 7) is 5.03. The van der Waals surface area contributed by atoms with Crippen molar-refractivity contribution in [2.45, 2.75) is 26.7 Å². The monoisotopic (exact) mass is 479 g/mol. The van der Waals surface area contributed by atoms with Crippen molar-refractivity contribution in [3.8, 4) is 17.2 Å². The number of hydrogen-bond acceptors (Lipinski definition) is 8. The molecule has 0 saturated carbocycles. The molecule has 34 heavy (non-hydrogen) atoms. The SMILES string of the molecule is CCCOc1ccc(/C=c2\sc3nc(=O)c(Cc4ccc(OC)cc4)nn3c2=O)cc1OCC. The van der Waals surface area contributed by atoms with Gasteiger partial charge in [0.1, 0.15) is 11.4 Å². The van der Waals surface area contributed by atoms with Gasteiger partial charge in [0.2, 0.25) is 4.96 Å². The summed E-state index contributed by atoms with van der Waals surface area (Å²) in [5.41, 5.74) is 1.08. The summed E-state index contributed by atoms with van der Waals surface area (Å²) in [4.78, 5) is 29.9. The maximum atomic E-state index is 13.0. The summed E-state index contributed by atoms with van der Waals surface area (Å²) < 4.78 is 18.2. The van der Waals surface area contributed by atoms with Crippen LogP contribution in [0.2, 0.25) is 0 Å². The van der Waals surface area contributed by atoms with Gasteiger partial charge in [0.25, 0.3) is 11.1 Å². The van der Waals surface area contributed by atoms with E-state index in [1.807, 2.05) is 56.3 Å². The molecule has 4 rings (SSSR count). The maximum Gasteiger partial charge on any atom is 0.296 e. The minimum atomic E-state index is -0.445. The lowest BCUT2D eigenvalue weighted by molar-refractivity contribution is 0.277. The van der Waals surface area contributed by atoms with Crippen LogP contribution in [0.25, 0.3) is 11.0 Å². The predicted molar refractivity (Wildman–Crippen MR) is 131 cm³/mol. The molecule has 0 atom stereocenters. The van der Waals surface area contributed by atoms with Gasteiger partial charge in [-0.1, -0.05) is 36.5 Å². The zero-order chi connectivity index (χ0) is 24.1. The maximum absolute atomic E-state index is 13.0. The van der Waals surface area contributed by atoms with Crippen molar-refractivity contribution in [2.75, 3.05) is 20.3 Å². The molecule has 0 aliphatic rings. The molecule has 0 unspecified atom stereocenters. The molecule has 2 heterocycles. The number of thiazole rings is 1. The van der Waals surface area contributed by atoms with E-state index in [0.717, 1.165) is 34.6 Å². The summed E-state index contributed by atoms with van der Waals surface area (Å²) in [6, 6.07) is 12.8. The fraction of sp³-hybridized carbons (Fsp3) is 0.280. The molecular formula is C25H25N3O5S. The highest BCUT2D eigenvalue weighted by Crippen LogP contribution is 2.29. The van der Waals surface area contributed by atoms with E-state index >= 15 is 0 Å². The van der Waals surface area contributed by atoms with E-state index in [9.17, 15) is 9.59 Å². The van der Waals surface area contributed by atoms with Gasteiger partial charge in [-0.25, -0.2) is 0 Å². The number of hydrogen-bond donors (Lipinski definition) is 0. The Kier molecular flexibility index (Phi) is 7.22. The molecule has 8 nitrogen and oxygen atoms in total. The van der Waals surface area contributed by atoms with Crippen molar-refractivity contribution >= 4 is 22.4 Å². The second-order valence-electron chi connectivity index (χ2n) is 7.49. The van der Waals surface area contributed by atoms with Crippen LogP contribution < -0.4 is 29.9 Å². The molecule has 9 heteroatoms. The quantitative estimate of drug-likeness (QED) is 0.365. The minimum Gasteiger partial charge on any atom is -0.497 e. The average Bonchev–Trinajstić information content (AvgIpc) is 3.13. The van der Waals surface area contributed by atoms with E-state index in [2.05, 4.69) is 10.1 Å². The molecule has 0 spiro atoms. The third kappa shape index (κ3) is 5.09. The molecule has 0 radical (unpaired) electrons. The highest BCUT2D eigenvalue weighted by Gasteiger charge is 2.12. The first kappa shape index (κ1) is 23.4. The largest absolute Gasteiger partial charge is 0.497 e. The van der Waals surface area contributed by atoms with Crippen LogP contribution >= 0.6 is 11.3 Å². The standard InChI is InChI=1S/C25H25N3O5S/c1-4-12-33-20-11-8-17(14-21(20)32-5-2)15-22-24(30)28-25(34-22)26-23(29)19(27-28)13-16-6-9-18(31-3)10-7-16/h6-11,14-15H,4-5,12-13H2,1-3H3/b22-15-. The van der Waals surface area contributed by atoms with Crippen molar-refractivity contribution in [1.82, 2.24) is 14.6 Å². The number of aromatic nitrogens is 3. The van der Waals surface area contributed by atoms with Crippen LogP contribution in [0.3, 0.4) is 0 Å². The Morgan fingerprint density at radius 2 is 1.82 bits per heavy atom. The van der Waals surface area contributed by atoms with E-state index in [0.29, 0.717) is 29.2 Å². The van der Waals surface area contributed by atoms with Crippen LogP contribution in [-0.4, -0.2) is 34.9 Å². The average molecular weight is 480 g/mol. The van der Waals surface area contributed by atoms with Gasteiger partial charge >= 0.3 is 0 Å². The molecule has 2 aromatic heterocycles. The molecule has 0 N–H and O–H groups in total. The molecule has 176 valence electrons. The summed E-state index contributed by atoms with van der Waals surface area (Å²) in [6.07, 6.45) is 2.90. The molecule has 0 saturated heterocycles. The van der Waals surface area contributed by atoms with E-state index in [4.69, 9.17) is 14.2 Å². The minimum absolute atomic E-state index is 0.208. The zero-order valence-corrected chi connectivity index (χ0v) is 20.1.